The first kappa shape index (κ1) is 17.3. The molecule has 1 aliphatic heterocycles. The minimum absolute atomic E-state index is 0.127. The van der Waals surface area contributed by atoms with E-state index in [9.17, 15) is 19.7 Å². The Hall–Kier alpha value is -4.14. The fraction of sp³-hybridized carbons (Fsp3) is 0.0526. The maximum absolute atomic E-state index is 13.0. The first-order valence-electron chi connectivity index (χ1n) is 8.31. The number of fused-ring (bicyclic) bond motifs is 1. The number of hydrogen-bond donors (Lipinski definition) is 2. The van der Waals surface area contributed by atoms with Gasteiger partial charge in [0.25, 0.3) is 17.5 Å². The monoisotopic (exact) mass is 378 g/mol. The van der Waals surface area contributed by atoms with E-state index >= 15 is 0 Å². The number of nitro benzene ring substituents is 1. The van der Waals surface area contributed by atoms with Crippen LogP contribution in [-0.2, 0) is 0 Å². The van der Waals surface area contributed by atoms with Crippen molar-refractivity contribution in [1.29, 1.82) is 0 Å². The van der Waals surface area contributed by atoms with Crippen LogP contribution in [-0.4, -0.2) is 21.7 Å². The lowest BCUT2D eigenvalue weighted by molar-refractivity contribution is -0.384. The van der Waals surface area contributed by atoms with Gasteiger partial charge in [-0.1, -0.05) is 12.1 Å². The van der Waals surface area contributed by atoms with Gasteiger partial charge in [-0.3, -0.25) is 25.1 Å². The van der Waals surface area contributed by atoms with Crippen LogP contribution >= 0.6 is 0 Å². The van der Waals surface area contributed by atoms with Gasteiger partial charge in [0.05, 0.1) is 23.0 Å². The number of carbonyl (C=O) groups is 2. The van der Waals surface area contributed by atoms with Crippen molar-refractivity contribution in [3.63, 3.8) is 0 Å². The van der Waals surface area contributed by atoms with Crippen LogP contribution < -0.4 is 10.7 Å². The van der Waals surface area contributed by atoms with E-state index in [0.717, 1.165) is 0 Å². The van der Waals surface area contributed by atoms with Crippen LogP contribution in [0.3, 0.4) is 0 Å². The topological polar surface area (TPSA) is 118 Å². The van der Waals surface area contributed by atoms with Crippen LogP contribution in [0.25, 0.3) is 0 Å². The van der Waals surface area contributed by atoms with Crippen LogP contribution in [0.15, 0.2) is 71.5 Å². The molecule has 0 fully saturated rings. The number of para-hydroxylation sites is 1. The summed E-state index contributed by atoms with van der Waals surface area (Å²) >= 11 is 0. The quantitative estimate of drug-likeness (QED) is 0.532. The number of amides is 2. The van der Waals surface area contributed by atoms with Gasteiger partial charge < -0.3 is 9.73 Å². The minimum atomic E-state index is -0.678. The second-order valence-electron chi connectivity index (χ2n) is 6.07. The molecule has 1 aliphatic rings. The van der Waals surface area contributed by atoms with Gasteiger partial charge in [0.15, 0.2) is 6.17 Å². The molecular weight excluding hydrogens is 364 g/mol. The molecule has 2 amide bonds. The number of nitrogens with zero attached hydrogens (tertiary/aromatic N) is 2. The second-order valence-corrected chi connectivity index (χ2v) is 6.07. The Labute approximate surface area is 158 Å². The SMILES string of the molecule is O=C(NN1C(=O)c2ccccc2NC1c1ccoc1)c1ccc([N+](=O)[O-])cc1. The van der Waals surface area contributed by atoms with Crippen molar-refractivity contribution in [2.75, 3.05) is 5.32 Å². The summed E-state index contributed by atoms with van der Waals surface area (Å²) in [6.07, 6.45) is 2.27. The van der Waals surface area contributed by atoms with Gasteiger partial charge in [-0.05, 0) is 30.3 Å². The number of anilines is 1. The van der Waals surface area contributed by atoms with Crippen molar-refractivity contribution in [2.24, 2.45) is 0 Å². The number of carbonyl (C=O) groups excluding carboxylic acids is 2. The first-order chi connectivity index (χ1) is 13.5. The Morgan fingerprint density at radius 3 is 2.57 bits per heavy atom. The third-order valence-corrected chi connectivity index (χ3v) is 4.35. The highest BCUT2D eigenvalue weighted by atomic mass is 16.6. The van der Waals surface area contributed by atoms with Crippen molar-refractivity contribution < 1.29 is 18.9 Å². The molecule has 28 heavy (non-hydrogen) atoms. The Morgan fingerprint density at radius 2 is 1.89 bits per heavy atom. The molecule has 0 saturated heterocycles. The Morgan fingerprint density at radius 1 is 1.14 bits per heavy atom. The lowest BCUT2D eigenvalue weighted by Gasteiger charge is -2.37. The van der Waals surface area contributed by atoms with E-state index in [1.165, 1.54) is 41.8 Å². The summed E-state index contributed by atoms with van der Waals surface area (Å²) in [4.78, 5) is 35.8. The van der Waals surface area contributed by atoms with Gasteiger partial charge in [-0.2, -0.15) is 0 Å². The zero-order valence-corrected chi connectivity index (χ0v) is 14.4. The van der Waals surface area contributed by atoms with Crippen molar-refractivity contribution in [3.05, 3.63) is 93.9 Å². The molecular formula is C19H14N4O5. The predicted octanol–water partition coefficient (Wildman–Crippen LogP) is 3.10. The summed E-state index contributed by atoms with van der Waals surface area (Å²) in [5.41, 5.74) is 4.33. The first-order valence-corrected chi connectivity index (χ1v) is 8.31. The van der Waals surface area contributed by atoms with Crippen LogP contribution in [0.1, 0.15) is 32.4 Å². The predicted molar refractivity (Wildman–Crippen MR) is 98.2 cm³/mol. The number of furan rings is 1. The molecule has 0 saturated carbocycles. The molecule has 0 bridgehead atoms. The Kier molecular flexibility index (Phi) is 4.24. The normalized spacial score (nSPS) is 15.5. The lowest BCUT2D eigenvalue weighted by atomic mass is 10.1. The standard InChI is InChI=1S/C19H14N4O5/c24-18(12-5-7-14(8-6-12)23(26)27)21-22-17(13-9-10-28-11-13)20-16-4-2-1-3-15(16)19(22)25/h1-11,17,20H,(H,21,24). The second kappa shape index (κ2) is 6.88. The highest BCUT2D eigenvalue weighted by Gasteiger charge is 2.35. The van der Waals surface area contributed by atoms with Crippen LogP contribution in [0, 0.1) is 10.1 Å². The number of nitrogens with one attached hydrogen (secondary N) is 2. The van der Waals surface area contributed by atoms with E-state index in [-0.39, 0.29) is 11.3 Å². The zero-order chi connectivity index (χ0) is 19.7. The highest BCUT2D eigenvalue weighted by Crippen LogP contribution is 2.32. The summed E-state index contributed by atoms with van der Waals surface area (Å²) in [7, 11) is 0. The largest absolute Gasteiger partial charge is 0.472 e. The molecule has 140 valence electrons. The van der Waals surface area contributed by atoms with Gasteiger partial charge >= 0.3 is 0 Å². The van der Waals surface area contributed by atoms with Gasteiger partial charge in [0, 0.05) is 28.9 Å². The fourth-order valence-electron chi connectivity index (χ4n) is 2.94. The molecule has 3 aromatic rings. The van der Waals surface area contributed by atoms with Crippen LogP contribution in [0.2, 0.25) is 0 Å². The van der Waals surface area contributed by atoms with E-state index in [1.807, 2.05) is 0 Å². The molecule has 2 N–H and O–H groups in total. The molecule has 2 heterocycles. The van der Waals surface area contributed by atoms with Crippen molar-refractivity contribution in [1.82, 2.24) is 10.4 Å². The molecule has 2 aromatic carbocycles. The Balaban J connectivity index is 1.64. The maximum Gasteiger partial charge on any atom is 0.276 e. The smallest absolute Gasteiger partial charge is 0.276 e. The molecule has 1 aromatic heterocycles. The molecule has 0 spiro atoms. The molecule has 0 radical (unpaired) electrons. The van der Waals surface area contributed by atoms with Crippen LogP contribution in [0.5, 0.6) is 0 Å². The number of non-ortho nitro benzene ring substituents is 1. The summed E-state index contributed by atoms with van der Waals surface area (Å²) in [5, 5.41) is 15.1. The van der Waals surface area contributed by atoms with Crippen LogP contribution in [0.4, 0.5) is 11.4 Å². The molecule has 0 aliphatic carbocycles. The number of nitro groups is 1. The lowest BCUT2D eigenvalue weighted by Crippen LogP contribution is -2.52. The van der Waals surface area contributed by atoms with Crippen molar-refractivity contribution >= 4 is 23.2 Å². The minimum Gasteiger partial charge on any atom is -0.472 e. The number of benzene rings is 2. The van der Waals surface area contributed by atoms with E-state index in [1.54, 1.807) is 30.3 Å². The van der Waals surface area contributed by atoms with Gasteiger partial charge in [-0.15, -0.1) is 0 Å². The van der Waals surface area contributed by atoms with Gasteiger partial charge in [0.2, 0.25) is 0 Å². The van der Waals surface area contributed by atoms with Gasteiger partial charge in [0.1, 0.15) is 0 Å². The third kappa shape index (κ3) is 3.05. The highest BCUT2D eigenvalue weighted by molar-refractivity contribution is 6.04. The van der Waals surface area contributed by atoms with E-state index < -0.39 is 22.9 Å². The van der Waals surface area contributed by atoms with Gasteiger partial charge in [-0.25, -0.2) is 5.01 Å². The summed E-state index contributed by atoms with van der Waals surface area (Å²) in [6.45, 7) is 0. The molecule has 9 heteroatoms. The average molecular weight is 378 g/mol. The molecule has 1 atom stereocenters. The summed E-state index contributed by atoms with van der Waals surface area (Å²) in [5.74, 6) is -0.964. The maximum atomic E-state index is 13.0. The van der Waals surface area contributed by atoms with E-state index in [2.05, 4.69) is 10.7 Å². The number of hydrazine groups is 1. The summed E-state index contributed by atoms with van der Waals surface area (Å²) in [6, 6.07) is 13.8. The van der Waals surface area contributed by atoms with E-state index in [0.29, 0.717) is 16.8 Å². The fourth-order valence-corrected chi connectivity index (χ4v) is 2.94. The van der Waals surface area contributed by atoms with E-state index in [4.69, 9.17) is 4.42 Å². The Bertz CT molecular complexity index is 1050. The summed E-state index contributed by atoms with van der Waals surface area (Å²) < 4.78 is 5.11. The zero-order valence-electron chi connectivity index (χ0n) is 14.4. The number of rotatable bonds is 4. The van der Waals surface area contributed by atoms with Crippen molar-refractivity contribution in [3.8, 4) is 0 Å². The molecule has 1 unspecified atom stereocenters. The van der Waals surface area contributed by atoms with Crippen molar-refractivity contribution in [2.45, 2.75) is 6.17 Å². The number of hydrogen-bond acceptors (Lipinski definition) is 6. The molecule has 4 rings (SSSR count). The third-order valence-electron chi connectivity index (χ3n) is 4.35. The average Bonchev–Trinajstić information content (AvgIpc) is 3.24. The molecule has 9 nitrogen and oxygen atoms in total.